The van der Waals surface area contributed by atoms with Crippen molar-refractivity contribution in [1.29, 1.82) is 0 Å². The number of benzene rings is 3. The summed E-state index contributed by atoms with van der Waals surface area (Å²) in [6, 6.07) is 28.3. The van der Waals surface area contributed by atoms with E-state index < -0.39 is 12.9 Å². The molecule has 0 atom stereocenters. The van der Waals surface area contributed by atoms with Crippen molar-refractivity contribution in [2.75, 3.05) is 0 Å². The Kier molecular flexibility index (Phi) is 5.21. The molecule has 1 N–H and O–H groups in total. The van der Waals surface area contributed by atoms with Gasteiger partial charge in [0, 0.05) is 5.80 Å². The molecule has 0 aliphatic rings. The lowest BCUT2D eigenvalue weighted by Crippen LogP contribution is -2.30. The molecule has 3 aromatic carbocycles. The Balaban J connectivity index is 2.49. The molecule has 0 saturated carbocycles. The molecule has 0 amide bonds. The molecule has 126 valence electrons. The first-order chi connectivity index (χ1) is 12.2. The van der Waals surface area contributed by atoms with E-state index in [0.29, 0.717) is 0 Å². The van der Waals surface area contributed by atoms with Gasteiger partial charge in [0.15, 0.2) is 0 Å². The van der Waals surface area contributed by atoms with Crippen LogP contribution in [-0.4, -0.2) is 16.9 Å². The topological polar surface area (TPSA) is 37.3 Å². The first kappa shape index (κ1) is 17.3. The summed E-state index contributed by atoms with van der Waals surface area (Å²) in [5.74, 6) is 0.651. The predicted octanol–water partition coefficient (Wildman–Crippen LogP) is 3.43. The van der Waals surface area contributed by atoms with Gasteiger partial charge in [-0.15, -0.1) is 0 Å². The second-order valence-corrected chi connectivity index (χ2v) is 9.06. The van der Waals surface area contributed by atoms with Gasteiger partial charge < -0.3 is 5.11 Å². The number of hydrogen-bond acceptors (Lipinski definition) is 1. The van der Waals surface area contributed by atoms with E-state index in [1.165, 1.54) is 11.4 Å². The third-order valence-corrected chi connectivity index (χ3v) is 8.41. The van der Waals surface area contributed by atoms with Crippen LogP contribution in [0.25, 0.3) is 0 Å². The van der Waals surface area contributed by atoms with Gasteiger partial charge in [-0.25, -0.2) is 4.79 Å². The highest BCUT2D eigenvalue weighted by molar-refractivity contribution is 7.95. The number of carboxylic acid groups (broad SMARTS) is 1. The number of carbonyl (C=O) groups is 1. The Morgan fingerprint density at radius 2 is 1.32 bits per heavy atom. The smallest absolute Gasteiger partial charge is 0.329 e. The largest absolute Gasteiger partial charge is 0.478 e. The SMILES string of the molecule is CCc1ccccc1P(=CC(=O)O)(c1ccccc1)c1ccccc1. The van der Waals surface area contributed by atoms with Crippen molar-refractivity contribution < 1.29 is 9.90 Å². The van der Waals surface area contributed by atoms with Crippen LogP contribution in [0.5, 0.6) is 0 Å². The minimum atomic E-state index is -2.39. The molecule has 0 heterocycles. The van der Waals surface area contributed by atoms with Crippen LogP contribution in [0.15, 0.2) is 84.9 Å². The molecule has 0 radical (unpaired) electrons. The second kappa shape index (κ2) is 7.55. The molecule has 0 saturated heterocycles. The van der Waals surface area contributed by atoms with Crippen LogP contribution in [0, 0.1) is 0 Å². The summed E-state index contributed by atoms with van der Waals surface area (Å²) in [7, 11) is 0. The number of rotatable bonds is 5. The van der Waals surface area contributed by atoms with E-state index in [9.17, 15) is 9.90 Å². The van der Waals surface area contributed by atoms with E-state index in [1.54, 1.807) is 0 Å². The molecule has 3 aromatic rings. The van der Waals surface area contributed by atoms with Crippen LogP contribution in [0.1, 0.15) is 12.5 Å². The molecule has 0 aliphatic heterocycles. The van der Waals surface area contributed by atoms with Crippen LogP contribution in [-0.2, 0) is 11.2 Å². The van der Waals surface area contributed by atoms with Crippen LogP contribution in [0.4, 0.5) is 0 Å². The fraction of sp³-hybridized carbons (Fsp3) is 0.0909. The zero-order chi connectivity index (χ0) is 17.7. The van der Waals surface area contributed by atoms with Crippen LogP contribution in [0.3, 0.4) is 0 Å². The molecule has 3 heteroatoms. The van der Waals surface area contributed by atoms with Gasteiger partial charge in [0.2, 0.25) is 0 Å². The molecular formula is C22H21O2P. The van der Waals surface area contributed by atoms with Gasteiger partial charge in [0.05, 0.1) is 0 Å². The number of carboxylic acids is 1. The summed E-state index contributed by atoms with van der Waals surface area (Å²) < 4.78 is 0. The van der Waals surface area contributed by atoms with E-state index in [0.717, 1.165) is 22.3 Å². The quantitative estimate of drug-likeness (QED) is 0.718. The molecule has 0 bridgehead atoms. The third kappa shape index (κ3) is 3.31. The molecule has 0 aliphatic carbocycles. The molecule has 0 fully saturated rings. The van der Waals surface area contributed by atoms with Crippen molar-refractivity contribution in [3.05, 3.63) is 90.5 Å². The summed E-state index contributed by atoms with van der Waals surface area (Å²) in [5.41, 5.74) is 1.20. The maximum atomic E-state index is 11.9. The van der Waals surface area contributed by atoms with Crippen molar-refractivity contribution in [3.63, 3.8) is 0 Å². The fourth-order valence-electron chi connectivity index (χ4n) is 3.29. The van der Waals surface area contributed by atoms with Crippen molar-refractivity contribution in [1.82, 2.24) is 0 Å². The lowest BCUT2D eigenvalue weighted by Gasteiger charge is -2.29. The van der Waals surface area contributed by atoms with Gasteiger partial charge in [-0.2, -0.15) is 0 Å². The van der Waals surface area contributed by atoms with E-state index in [1.807, 2.05) is 72.8 Å². The minimum Gasteiger partial charge on any atom is -0.478 e. The number of aliphatic carboxylic acids is 1. The summed E-state index contributed by atoms with van der Waals surface area (Å²) in [6.45, 7) is -0.273. The molecule has 0 aromatic heterocycles. The van der Waals surface area contributed by atoms with E-state index >= 15 is 0 Å². The number of hydrogen-bond donors (Lipinski definition) is 1. The summed E-state index contributed by atoms with van der Waals surface area (Å²) >= 11 is 0. The lowest BCUT2D eigenvalue weighted by atomic mass is 10.2. The minimum absolute atomic E-state index is 0.866. The Hall–Kier alpha value is -2.57. The molecule has 0 spiro atoms. The van der Waals surface area contributed by atoms with Crippen molar-refractivity contribution in [2.45, 2.75) is 13.3 Å². The first-order valence-electron chi connectivity index (χ1n) is 8.35. The average molecular weight is 348 g/mol. The summed E-state index contributed by atoms with van der Waals surface area (Å²) in [5, 5.41) is 13.0. The number of aryl methyl sites for hydroxylation is 1. The zero-order valence-electron chi connectivity index (χ0n) is 14.2. The van der Waals surface area contributed by atoms with Gasteiger partial charge in [-0.05, 0) is 34.8 Å². The first-order valence-corrected chi connectivity index (χ1v) is 10.2. The molecule has 0 unspecified atom stereocenters. The Labute approximate surface area is 148 Å². The van der Waals surface area contributed by atoms with Gasteiger partial charge in [-0.1, -0.05) is 91.9 Å². The summed E-state index contributed by atoms with van der Waals surface area (Å²) in [4.78, 5) is 11.9. The lowest BCUT2D eigenvalue weighted by molar-refractivity contribution is -0.128. The molecular weight excluding hydrogens is 327 g/mol. The van der Waals surface area contributed by atoms with E-state index in [-0.39, 0.29) is 0 Å². The van der Waals surface area contributed by atoms with E-state index in [2.05, 4.69) is 19.1 Å². The maximum Gasteiger partial charge on any atom is 0.329 e. The molecule has 3 rings (SSSR count). The summed E-state index contributed by atoms with van der Waals surface area (Å²) in [6.07, 6.45) is 0.866. The van der Waals surface area contributed by atoms with Crippen molar-refractivity contribution in [2.24, 2.45) is 0 Å². The second-order valence-electron chi connectivity index (χ2n) is 5.84. The molecule has 2 nitrogen and oxygen atoms in total. The standard InChI is InChI=1S/C22H21O2P/c1-2-18-11-9-10-16-21(18)25(17-22(23)24,19-12-5-3-6-13-19)20-14-7-4-8-15-20/h3-17H,2H2,1H3,(H,23,24). The van der Waals surface area contributed by atoms with Crippen molar-refractivity contribution >= 4 is 34.6 Å². The van der Waals surface area contributed by atoms with Crippen molar-refractivity contribution in [3.8, 4) is 0 Å². The monoisotopic (exact) mass is 348 g/mol. The Bertz CT molecular complexity index is 872. The highest BCUT2D eigenvalue weighted by Crippen LogP contribution is 2.44. The van der Waals surface area contributed by atoms with Gasteiger partial charge >= 0.3 is 5.97 Å². The van der Waals surface area contributed by atoms with Gasteiger partial charge in [0.25, 0.3) is 0 Å². The Morgan fingerprint density at radius 3 is 1.80 bits per heavy atom. The van der Waals surface area contributed by atoms with Gasteiger partial charge in [-0.3, -0.25) is 0 Å². The van der Waals surface area contributed by atoms with Crippen LogP contribution in [0.2, 0.25) is 0 Å². The van der Waals surface area contributed by atoms with Crippen LogP contribution < -0.4 is 15.9 Å². The highest BCUT2D eigenvalue weighted by atomic mass is 31.2. The average Bonchev–Trinajstić information content (AvgIpc) is 2.67. The third-order valence-electron chi connectivity index (χ3n) is 4.38. The highest BCUT2D eigenvalue weighted by Gasteiger charge is 2.28. The van der Waals surface area contributed by atoms with E-state index in [4.69, 9.17) is 0 Å². The normalized spacial score (nSPS) is 11.1. The van der Waals surface area contributed by atoms with Gasteiger partial charge in [0.1, 0.15) is 0 Å². The predicted molar refractivity (Wildman–Crippen MR) is 108 cm³/mol. The zero-order valence-corrected chi connectivity index (χ0v) is 15.1. The Morgan fingerprint density at radius 1 is 0.840 bits per heavy atom. The fourth-order valence-corrected chi connectivity index (χ4v) is 7.21. The maximum absolute atomic E-state index is 11.9. The van der Waals surface area contributed by atoms with Crippen LogP contribution >= 0.6 is 6.89 Å². The molecule has 25 heavy (non-hydrogen) atoms.